The molecule has 0 atom stereocenters. The number of aryl methyl sites for hydroxylation is 1. The van der Waals surface area contributed by atoms with Gasteiger partial charge in [-0.1, -0.05) is 29.8 Å². The maximum atomic E-state index is 13.9. The number of anilines is 1. The summed E-state index contributed by atoms with van der Waals surface area (Å²) in [5, 5.41) is 6.97. The summed E-state index contributed by atoms with van der Waals surface area (Å²) in [5.41, 5.74) is 1.19. The van der Waals surface area contributed by atoms with Gasteiger partial charge in [-0.3, -0.25) is 9.48 Å². The Morgan fingerprint density at radius 2 is 1.76 bits per heavy atom. The first-order chi connectivity index (χ1) is 15.8. The van der Waals surface area contributed by atoms with Gasteiger partial charge in [-0.25, -0.2) is 12.8 Å². The number of sulfonamides is 1. The molecule has 0 spiro atoms. The highest BCUT2D eigenvalue weighted by Crippen LogP contribution is 2.24. The van der Waals surface area contributed by atoms with Crippen molar-refractivity contribution in [2.45, 2.75) is 11.6 Å². The van der Waals surface area contributed by atoms with Crippen LogP contribution in [0.4, 0.5) is 10.1 Å². The topological polar surface area (TPSA) is 87.5 Å². The van der Waals surface area contributed by atoms with Crippen molar-refractivity contribution in [3.05, 3.63) is 76.7 Å². The molecule has 1 amide bonds. The lowest BCUT2D eigenvalue weighted by atomic mass is 10.2. The van der Waals surface area contributed by atoms with E-state index in [1.807, 2.05) is 12.1 Å². The third-order valence-corrected chi connectivity index (χ3v) is 7.54. The lowest BCUT2D eigenvalue weighted by Gasteiger charge is -2.35. The Kier molecular flexibility index (Phi) is 6.68. The van der Waals surface area contributed by atoms with Crippen LogP contribution in [0.2, 0.25) is 5.02 Å². The lowest BCUT2D eigenvalue weighted by molar-refractivity contribution is 0.0947. The van der Waals surface area contributed by atoms with Gasteiger partial charge >= 0.3 is 0 Å². The van der Waals surface area contributed by atoms with Gasteiger partial charge in [0.15, 0.2) is 0 Å². The normalized spacial score (nSPS) is 14.9. The molecule has 0 aliphatic carbocycles. The van der Waals surface area contributed by atoms with E-state index in [2.05, 4.69) is 15.3 Å². The number of aromatic nitrogens is 2. The van der Waals surface area contributed by atoms with Crippen LogP contribution in [0.1, 0.15) is 15.9 Å². The summed E-state index contributed by atoms with van der Waals surface area (Å²) < 4.78 is 43.1. The molecule has 11 heteroatoms. The minimum atomic E-state index is -4.00. The van der Waals surface area contributed by atoms with Crippen molar-refractivity contribution in [1.29, 1.82) is 0 Å². The van der Waals surface area contributed by atoms with Crippen molar-refractivity contribution < 1.29 is 17.6 Å². The molecule has 8 nitrogen and oxygen atoms in total. The Morgan fingerprint density at radius 3 is 2.42 bits per heavy atom. The van der Waals surface area contributed by atoms with Gasteiger partial charge in [0.1, 0.15) is 5.82 Å². The van der Waals surface area contributed by atoms with Crippen LogP contribution in [0, 0.1) is 5.82 Å². The van der Waals surface area contributed by atoms with Crippen molar-refractivity contribution >= 4 is 33.2 Å². The lowest BCUT2D eigenvalue weighted by Crippen LogP contribution is -2.49. The van der Waals surface area contributed by atoms with E-state index in [1.165, 1.54) is 21.3 Å². The van der Waals surface area contributed by atoms with Crippen LogP contribution in [0.25, 0.3) is 0 Å². The summed E-state index contributed by atoms with van der Waals surface area (Å²) in [6.07, 6.45) is 1.35. The molecule has 33 heavy (non-hydrogen) atoms. The molecule has 0 unspecified atom stereocenters. The van der Waals surface area contributed by atoms with Gasteiger partial charge in [0.05, 0.1) is 5.56 Å². The summed E-state index contributed by atoms with van der Waals surface area (Å²) in [4.78, 5) is 14.8. The van der Waals surface area contributed by atoms with E-state index in [4.69, 9.17) is 11.6 Å². The zero-order chi connectivity index (χ0) is 23.6. The second kappa shape index (κ2) is 9.50. The highest BCUT2D eigenvalue weighted by Gasteiger charge is 2.34. The van der Waals surface area contributed by atoms with E-state index >= 15 is 0 Å². The number of carbonyl (C=O) groups excluding carboxylic acids is 1. The standard InChI is InChI=1S/C22H23ClFN5O3S/c1-27-15-19(21(30)25-14-16-4-2-3-5-20(16)24)22(26-27)33(31,32)29-12-10-28(11-13-29)18-8-6-17(23)7-9-18/h2-9,15H,10-14H2,1H3,(H,25,30). The number of benzene rings is 2. The minimum absolute atomic E-state index is 0.0698. The third-order valence-electron chi connectivity index (χ3n) is 5.45. The van der Waals surface area contributed by atoms with Crippen LogP contribution < -0.4 is 10.2 Å². The first-order valence-electron chi connectivity index (χ1n) is 10.3. The van der Waals surface area contributed by atoms with Crippen molar-refractivity contribution in [3.8, 4) is 0 Å². The number of piperazine rings is 1. The molecule has 1 N–H and O–H groups in total. The Labute approximate surface area is 196 Å². The number of nitrogens with zero attached hydrogens (tertiary/aromatic N) is 4. The Bertz CT molecular complexity index is 1260. The van der Waals surface area contributed by atoms with Gasteiger partial charge in [0.25, 0.3) is 15.9 Å². The van der Waals surface area contributed by atoms with Gasteiger partial charge in [-0.2, -0.15) is 9.40 Å². The SMILES string of the molecule is Cn1cc(C(=O)NCc2ccccc2F)c(S(=O)(=O)N2CCN(c3ccc(Cl)cc3)CC2)n1. The van der Waals surface area contributed by atoms with Crippen LogP contribution in [-0.4, -0.2) is 54.6 Å². The maximum absolute atomic E-state index is 13.9. The van der Waals surface area contributed by atoms with E-state index in [-0.39, 0.29) is 30.2 Å². The van der Waals surface area contributed by atoms with Gasteiger partial charge in [-0.15, -0.1) is 0 Å². The molecule has 2 aromatic carbocycles. The predicted octanol–water partition coefficient (Wildman–Crippen LogP) is 2.65. The number of amides is 1. The molecule has 1 aliphatic rings. The Balaban J connectivity index is 1.48. The van der Waals surface area contributed by atoms with E-state index < -0.39 is 21.7 Å². The number of halogens is 2. The Hall–Kier alpha value is -2.95. The molecule has 0 radical (unpaired) electrons. The highest BCUT2D eigenvalue weighted by molar-refractivity contribution is 7.89. The van der Waals surface area contributed by atoms with E-state index in [9.17, 15) is 17.6 Å². The molecule has 174 valence electrons. The summed E-state index contributed by atoms with van der Waals surface area (Å²) >= 11 is 5.94. The van der Waals surface area contributed by atoms with Crippen molar-refractivity contribution in [2.24, 2.45) is 7.05 Å². The molecule has 2 heterocycles. The largest absolute Gasteiger partial charge is 0.369 e. The van der Waals surface area contributed by atoms with Gasteiger partial charge in [0, 0.05) is 62.2 Å². The monoisotopic (exact) mass is 491 g/mol. The van der Waals surface area contributed by atoms with E-state index in [0.717, 1.165) is 5.69 Å². The van der Waals surface area contributed by atoms with Crippen LogP contribution >= 0.6 is 11.6 Å². The molecule has 1 aromatic heterocycles. The number of hydrogen-bond donors (Lipinski definition) is 1. The average Bonchev–Trinajstić information content (AvgIpc) is 3.22. The first kappa shape index (κ1) is 23.2. The van der Waals surface area contributed by atoms with Gasteiger partial charge < -0.3 is 10.2 Å². The van der Waals surface area contributed by atoms with E-state index in [1.54, 1.807) is 37.4 Å². The van der Waals surface area contributed by atoms with Crippen LogP contribution in [0.5, 0.6) is 0 Å². The molecule has 1 aliphatic heterocycles. The average molecular weight is 492 g/mol. The molecule has 0 bridgehead atoms. The van der Waals surface area contributed by atoms with Crippen molar-refractivity contribution in [3.63, 3.8) is 0 Å². The fourth-order valence-corrected chi connectivity index (χ4v) is 5.36. The fraction of sp³-hybridized carbons (Fsp3) is 0.273. The molecule has 4 rings (SSSR count). The van der Waals surface area contributed by atoms with E-state index in [0.29, 0.717) is 23.7 Å². The van der Waals surface area contributed by atoms with Gasteiger partial charge in [-0.05, 0) is 30.3 Å². The molecule has 1 saturated heterocycles. The number of carbonyl (C=O) groups is 1. The minimum Gasteiger partial charge on any atom is -0.369 e. The molecule has 0 saturated carbocycles. The van der Waals surface area contributed by atoms with Crippen LogP contribution in [0.15, 0.2) is 59.8 Å². The maximum Gasteiger partial charge on any atom is 0.263 e. The first-order valence-corrected chi connectivity index (χ1v) is 12.1. The summed E-state index contributed by atoms with van der Waals surface area (Å²) in [6.45, 7) is 1.40. The predicted molar refractivity (Wildman–Crippen MR) is 123 cm³/mol. The van der Waals surface area contributed by atoms with Crippen LogP contribution in [0.3, 0.4) is 0 Å². The summed E-state index contributed by atoms with van der Waals surface area (Å²) in [5.74, 6) is -1.08. The molecular formula is C22H23ClFN5O3S. The quantitative estimate of drug-likeness (QED) is 0.573. The van der Waals surface area contributed by atoms with Gasteiger partial charge in [0.2, 0.25) is 5.03 Å². The molecule has 3 aromatic rings. The zero-order valence-corrected chi connectivity index (χ0v) is 19.5. The smallest absolute Gasteiger partial charge is 0.263 e. The fourth-order valence-electron chi connectivity index (χ4n) is 3.69. The second-order valence-electron chi connectivity index (χ2n) is 7.66. The number of nitrogens with one attached hydrogen (secondary N) is 1. The van der Waals surface area contributed by atoms with Crippen molar-refractivity contribution in [1.82, 2.24) is 19.4 Å². The zero-order valence-electron chi connectivity index (χ0n) is 17.9. The number of rotatable bonds is 6. The molecular weight excluding hydrogens is 469 g/mol. The summed E-state index contributed by atoms with van der Waals surface area (Å²) in [6, 6.07) is 13.4. The highest BCUT2D eigenvalue weighted by atomic mass is 35.5. The molecule has 1 fully saturated rings. The van der Waals surface area contributed by atoms with Crippen molar-refractivity contribution in [2.75, 3.05) is 31.1 Å². The second-order valence-corrected chi connectivity index (χ2v) is 9.95. The van der Waals surface area contributed by atoms with Crippen LogP contribution in [-0.2, 0) is 23.6 Å². The number of hydrogen-bond acceptors (Lipinski definition) is 5. The summed E-state index contributed by atoms with van der Waals surface area (Å²) in [7, 11) is -2.45. The third kappa shape index (κ3) is 5.02. The Morgan fingerprint density at radius 1 is 1.09 bits per heavy atom.